The molecule has 0 saturated carbocycles. The molecule has 2 aromatic rings. The number of aromatic nitrogens is 2. The maximum absolute atomic E-state index is 6.15. The van der Waals surface area contributed by atoms with Crippen LogP contribution in [0.3, 0.4) is 0 Å². The lowest BCUT2D eigenvalue weighted by molar-refractivity contribution is 0.543. The minimum Gasteiger partial charge on any atom is -0.333 e. The molecule has 0 aliphatic rings. The zero-order valence-electron chi connectivity index (χ0n) is 11.7. The molecule has 0 amide bonds. The van der Waals surface area contributed by atoms with Gasteiger partial charge in [0, 0.05) is 28.4 Å². The zero-order chi connectivity index (χ0) is 14.5. The van der Waals surface area contributed by atoms with Gasteiger partial charge >= 0.3 is 0 Å². The second-order valence-electron chi connectivity index (χ2n) is 4.64. The fourth-order valence-corrected chi connectivity index (χ4v) is 2.95. The Bertz CT molecular complexity index is 568. The molecule has 0 bridgehead atoms. The van der Waals surface area contributed by atoms with Gasteiger partial charge in [0.25, 0.3) is 0 Å². The molecule has 3 nitrogen and oxygen atoms in total. The van der Waals surface area contributed by atoms with Crippen LogP contribution in [0.15, 0.2) is 35.1 Å². The van der Waals surface area contributed by atoms with Gasteiger partial charge in [-0.15, -0.1) is 0 Å². The first-order valence-electron chi connectivity index (χ1n) is 6.86. The van der Waals surface area contributed by atoms with Gasteiger partial charge in [-0.3, -0.25) is 0 Å². The van der Waals surface area contributed by atoms with Gasteiger partial charge in [0.1, 0.15) is 5.82 Å². The molecule has 0 saturated heterocycles. The van der Waals surface area contributed by atoms with Gasteiger partial charge in [-0.2, -0.15) is 0 Å². The number of nitrogens with zero attached hydrogens (tertiary/aromatic N) is 2. The lowest BCUT2D eigenvalue weighted by Crippen LogP contribution is -2.25. The van der Waals surface area contributed by atoms with Crippen LogP contribution in [0.1, 0.15) is 37.7 Å². The largest absolute Gasteiger partial charge is 0.333 e. The van der Waals surface area contributed by atoms with Crippen molar-refractivity contribution in [1.82, 2.24) is 14.9 Å². The Labute approximate surface area is 133 Å². The van der Waals surface area contributed by atoms with Crippen LogP contribution in [0.25, 0.3) is 0 Å². The Kier molecular flexibility index (Phi) is 5.64. The summed E-state index contributed by atoms with van der Waals surface area (Å²) in [7, 11) is 0. The summed E-state index contributed by atoms with van der Waals surface area (Å²) in [5, 5.41) is 4.23. The highest BCUT2D eigenvalue weighted by molar-refractivity contribution is 9.10. The number of hydrogen-bond donors (Lipinski definition) is 1. The number of rotatable bonds is 6. The van der Waals surface area contributed by atoms with E-state index in [4.69, 9.17) is 11.6 Å². The van der Waals surface area contributed by atoms with Crippen molar-refractivity contribution in [2.75, 3.05) is 6.54 Å². The molecule has 108 valence electrons. The molecule has 0 radical (unpaired) electrons. The van der Waals surface area contributed by atoms with Crippen LogP contribution in [-0.2, 0) is 6.54 Å². The molecule has 5 heteroatoms. The van der Waals surface area contributed by atoms with Crippen LogP contribution in [0.5, 0.6) is 0 Å². The smallest absolute Gasteiger partial charge is 0.130 e. The Morgan fingerprint density at radius 3 is 2.90 bits per heavy atom. The van der Waals surface area contributed by atoms with Crippen molar-refractivity contribution in [3.63, 3.8) is 0 Å². The van der Waals surface area contributed by atoms with Gasteiger partial charge in [0.05, 0.1) is 6.04 Å². The minimum absolute atomic E-state index is 0.0367. The molecule has 20 heavy (non-hydrogen) atoms. The normalized spacial score (nSPS) is 12.6. The molecule has 1 aromatic heterocycles. The van der Waals surface area contributed by atoms with Crippen LogP contribution < -0.4 is 5.32 Å². The summed E-state index contributed by atoms with van der Waals surface area (Å²) in [6.07, 6.45) is 4.97. The van der Waals surface area contributed by atoms with Crippen LogP contribution in [0, 0.1) is 0 Å². The Balaban J connectivity index is 2.44. The van der Waals surface area contributed by atoms with E-state index in [0.29, 0.717) is 0 Å². The van der Waals surface area contributed by atoms with E-state index in [1.807, 2.05) is 30.6 Å². The topological polar surface area (TPSA) is 29.9 Å². The highest BCUT2D eigenvalue weighted by Gasteiger charge is 2.20. The van der Waals surface area contributed by atoms with Crippen LogP contribution in [0.4, 0.5) is 0 Å². The SMILES string of the molecule is CCCn1ccnc1C(NCC)c1cc(Cl)ccc1Br. The van der Waals surface area contributed by atoms with Crippen LogP contribution >= 0.6 is 27.5 Å². The Morgan fingerprint density at radius 1 is 1.40 bits per heavy atom. The second kappa shape index (κ2) is 7.25. The quantitative estimate of drug-likeness (QED) is 0.831. The number of halogens is 2. The van der Waals surface area contributed by atoms with Crippen LogP contribution in [-0.4, -0.2) is 16.1 Å². The summed E-state index contributed by atoms with van der Waals surface area (Å²) in [5.74, 6) is 1.02. The third-order valence-corrected chi connectivity index (χ3v) is 4.10. The van der Waals surface area contributed by atoms with Crippen molar-refractivity contribution < 1.29 is 0 Å². The summed E-state index contributed by atoms with van der Waals surface area (Å²) in [6.45, 7) is 6.10. The predicted octanol–water partition coefficient (Wildman–Crippen LogP) is 4.41. The average molecular weight is 357 g/mol. The molecule has 1 heterocycles. The number of hydrogen-bond acceptors (Lipinski definition) is 2. The predicted molar refractivity (Wildman–Crippen MR) is 87.2 cm³/mol. The zero-order valence-corrected chi connectivity index (χ0v) is 14.1. The first kappa shape index (κ1) is 15.5. The molecule has 0 aliphatic heterocycles. The average Bonchev–Trinajstić information content (AvgIpc) is 2.88. The standard InChI is InChI=1S/C15H19BrClN3/c1-3-8-20-9-7-19-15(20)14(18-4-2)12-10-11(17)5-6-13(12)16/h5-7,9-10,14,18H,3-4,8H2,1-2H3. The first-order valence-corrected chi connectivity index (χ1v) is 8.03. The van der Waals surface area contributed by atoms with Gasteiger partial charge < -0.3 is 9.88 Å². The monoisotopic (exact) mass is 355 g/mol. The maximum Gasteiger partial charge on any atom is 0.130 e. The van der Waals surface area contributed by atoms with E-state index in [2.05, 4.69) is 44.6 Å². The molecule has 0 fully saturated rings. The number of imidazole rings is 1. The summed E-state index contributed by atoms with van der Waals surface area (Å²) < 4.78 is 3.24. The van der Waals surface area contributed by atoms with E-state index < -0.39 is 0 Å². The molecule has 2 rings (SSSR count). The molecule has 1 unspecified atom stereocenters. The van der Waals surface area contributed by atoms with E-state index in [0.717, 1.165) is 40.4 Å². The highest BCUT2D eigenvalue weighted by atomic mass is 79.9. The Hall–Kier alpha value is -0.840. The van der Waals surface area contributed by atoms with Crippen LogP contribution in [0.2, 0.25) is 5.02 Å². The second-order valence-corrected chi connectivity index (χ2v) is 5.93. The fraction of sp³-hybridized carbons (Fsp3) is 0.400. The van der Waals surface area contributed by atoms with Gasteiger partial charge in [-0.1, -0.05) is 41.4 Å². The third-order valence-electron chi connectivity index (χ3n) is 3.15. The lowest BCUT2D eigenvalue weighted by Gasteiger charge is -2.21. The molecule has 0 aliphatic carbocycles. The van der Waals surface area contributed by atoms with Gasteiger partial charge in [-0.05, 0) is 36.7 Å². The van der Waals surface area contributed by atoms with E-state index >= 15 is 0 Å². The molecule has 1 atom stereocenters. The maximum atomic E-state index is 6.15. The highest BCUT2D eigenvalue weighted by Crippen LogP contribution is 2.30. The van der Waals surface area contributed by atoms with Gasteiger partial charge in [0.15, 0.2) is 0 Å². The molecule has 1 N–H and O–H groups in total. The fourth-order valence-electron chi connectivity index (χ4n) is 2.29. The summed E-state index contributed by atoms with van der Waals surface area (Å²) >= 11 is 9.76. The summed E-state index contributed by atoms with van der Waals surface area (Å²) in [4.78, 5) is 4.54. The Morgan fingerprint density at radius 2 is 2.20 bits per heavy atom. The van der Waals surface area contributed by atoms with Crippen molar-refractivity contribution >= 4 is 27.5 Å². The summed E-state index contributed by atoms with van der Waals surface area (Å²) in [5.41, 5.74) is 1.11. The van der Waals surface area contributed by atoms with Crippen molar-refractivity contribution in [3.8, 4) is 0 Å². The van der Waals surface area contributed by atoms with Crippen molar-refractivity contribution in [1.29, 1.82) is 0 Å². The van der Waals surface area contributed by atoms with Gasteiger partial charge in [-0.25, -0.2) is 4.98 Å². The minimum atomic E-state index is 0.0367. The van der Waals surface area contributed by atoms with E-state index in [1.165, 1.54) is 0 Å². The lowest BCUT2D eigenvalue weighted by atomic mass is 10.1. The molecule has 0 spiro atoms. The molecule has 1 aromatic carbocycles. The van der Waals surface area contributed by atoms with Crippen molar-refractivity contribution in [2.24, 2.45) is 0 Å². The van der Waals surface area contributed by atoms with Crippen molar-refractivity contribution in [3.05, 3.63) is 51.5 Å². The molecular weight excluding hydrogens is 338 g/mol. The van der Waals surface area contributed by atoms with E-state index in [9.17, 15) is 0 Å². The third kappa shape index (κ3) is 3.43. The van der Waals surface area contributed by atoms with E-state index in [1.54, 1.807) is 0 Å². The number of aryl methyl sites for hydroxylation is 1. The first-order chi connectivity index (χ1) is 9.67. The number of nitrogens with one attached hydrogen (secondary N) is 1. The van der Waals surface area contributed by atoms with Gasteiger partial charge in [0.2, 0.25) is 0 Å². The molecular formula is C15H19BrClN3. The van der Waals surface area contributed by atoms with Crippen molar-refractivity contribution in [2.45, 2.75) is 32.9 Å². The number of benzene rings is 1. The van der Waals surface area contributed by atoms with E-state index in [-0.39, 0.29) is 6.04 Å². The summed E-state index contributed by atoms with van der Waals surface area (Å²) in [6, 6.07) is 5.89.